The van der Waals surface area contributed by atoms with Crippen LogP contribution in [0.25, 0.3) is 31.9 Å². The average molecular weight is 360 g/mol. The summed E-state index contributed by atoms with van der Waals surface area (Å²) in [5, 5.41) is 2.59. The minimum absolute atomic E-state index is 1.08. The van der Waals surface area contributed by atoms with Crippen LogP contribution in [0, 0.1) is 0 Å². The number of hydrogen-bond donors (Lipinski definition) is 0. The lowest BCUT2D eigenvalue weighted by atomic mass is 10.0. The standard InChI is InChI=1S/C22H21NSSi/c1-25(2,3)19-8-6-7-18(15-19)16-11-13-17(14-12-16)22-23-20-9-4-5-10-21(20)24-22/h4-15H,1-3H3. The summed E-state index contributed by atoms with van der Waals surface area (Å²) in [5.41, 5.74) is 4.83. The van der Waals surface area contributed by atoms with Gasteiger partial charge >= 0.3 is 0 Å². The fourth-order valence-electron chi connectivity index (χ4n) is 2.97. The van der Waals surface area contributed by atoms with Crippen molar-refractivity contribution < 1.29 is 0 Å². The number of aromatic nitrogens is 1. The molecule has 0 radical (unpaired) electrons. The summed E-state index contributed by atoms with van der Waals surface area (Å²) in [4.78, 5) is 4.76. The Balaban J connectivity index is 1.68. The first-order chi connectivity index (χ1) is 12.0. The van der Waals surface area contributed by atoms with Crippen molar-refractivity contribution >= 4 is 34.8 Å². The maximum atomic E-state index is 4.76. The summed E-state index contributed by atoms with van der Waals surface area (Å²) < 4.78 is 1.24. The summed E-state index contributed by atoms with van der Waals surface area (Å²) in [6, 6.07) is 26.1. The zero-order valence-corrected chi connectivity index (χ0v) is 16.6. The molecular weight excluding hydrogens is 338 g/mol. The number of nitrogens with zero attached hydrogens (tertiary/aromatic N) is 1. The van der Waals surface area contributed by atoms with Gasteiger partial charge in [-0.05, 0) is 23.3 Å². The van der Waals surface area contributed by atoms with E-state index in [1.165, 1.54) is 26.6 Å². The Bertz CT molecular complexity index is 993. The molecule has 0 saturated heterocycles. The van der Waals surface area contributed by atoms with E-state index < -0.39 is 8.07 Å². The van der Waals surface area contributed by atoms with Crippen molar-refractivity contribution in [3.63, 3.8) is 0 Å². The fraction of sp³-hybridized carbons (Fsp3) is 0.136. The van der Waals surface area contributed by atoms with Gasteiger partial charge in [-0.2, -0.15) is 0 Å². The van der Waals surface area contributed by atoms with Gasteiger partial charge in [-0.1, -0.05) is 85.5 Å². The normalized spacial score (nSPS) is 11.8. The van der Waals surface area contributed by atoms with Gasteiger partial charge in [-0.25, -0.2) is 4.98 Å². The van der Waals surface area contributed by atoms with Crippen LogP contribution in [-0.4, -0.2) is 13.1 Å². The van der Waals surface area contributed by atoms with Crippen LogP contribution in [0.1, 0.15) is 0 Å². The molecule has 25 heavy (non-hydrogen) atoms. The Morgan fingerprint density at radius 3 is 2.16 bits per heavy atom. The molecule has 3 aromatic carbocycles. The zero-order valence-electron chi connectivity index (χ0n) is 14.8. The monoisotopic (exact) mass is 359 g/mol. The molecule has 0 atom stereocenters. The summed E-state index contributed by atoms with van der Waals surface area (Å²) in [6.45, 7) is 7.17. The van der Waals surface area contributed by atoms with Gasteiger partial charge in [-0.3, -0.25) is 0 Å². The minimum Gasteiger partial charge on any atom is -0.236 e. The van der Waals surface area contributed by atoms with Gasteiger partial charge < -0.3 is 0 Å². The molecule has 0 amide bonds. The summed E-state index contributed by atoms with van der Waals surface area (Å²) >= 11 is 1.75. The molecule has 1 nitrogen and oxygen atoms in total. The molecule has 3 heteroatoms. The third-order valence-electron chi connectivity index (χ3n) is 4.49. The lowest BCUT2D eigenvalue weighted by Gasteiger charge is -2.17. The van der Waals surface area contributed by atoms with E-state index in [0.29, 0.717) is 0 Å². The highest BCUT2D eigenvalue weighted by atomic mass is 32.1. The molecule has 0 aliphatic carbocycles. The van der Waals surface area contributed by atoms with E-state index in [0.717, 1.165) is 10.5 Å². The van der Waals surface area contributed by atoms with Crippen LogP contribution in [0.5, 0.6) is 0 Å². The molecule has 0 aliphatic heterocycles. The van der Waals surface area contributed by atoms with Crippen LogP contribution >= 0.6 is 11.3 Å². The van der Waals surface area contributed by atoms with E-state index in [1.54, 1.807) is 11.3 Å². The molecule has 4 aromatic rings. The molecule has 0 saturated carbocycles. The summed E-state index contributed by atoms with van der Waals surface area (Å²) in [5.74, 6) is 0. The summed E-state index contributed by atoms with van der Waals surface area (Å²) in [7, 11) is -1.29. The fourth-order valence-corrected chi connectivity index (χ4v) is 5.12. The van der Waals surface area contributed by atoms with Crippen LogP contribution in [-0.2, 0) is 0 Å². The number of fused-ring (bicyclic) bond motifs is 1. The second kappa shape index (κ2) is 6.25. The molecule has 124 valence electrons. The van der Waals surface area contributed by atoms with E-state index in [-0.39, 0.29) is 0 Å². The smallest absolute Gasteiger partial charge is 0.124 e. The number of para-hydroxylation sites is 1. The zero-order chi connectivity index (χ0) is 17.4. The van der Waals surface area contributed by atoms with E-state index in [1.807, 2.05) is 6.07 Å². The van der Waals surface area contributed by atoms with Gasteiger partial charge in [0.25, 0.3) is 0 Å². The third kappa shape index (κ3) is 3.30. The second-order valence-electron chi connectivity index (χ2n) is 7.39. The van der Waals surface area contributed by atoms with Gasteiger partial charge in [-0.15, -0.1) is 11.3 Å². The van der Waals surface area contributed by atoms with Crippen LogP contribution in [0.4, 0.5) is 0 Å². The van der Waals surface area contributed by atoms with Crippen LogP contribution in [0.3, 0.4) is 0 Å². The highest BCUT2D eigenvalue weighted by Crippen LogP contribution is 2.31. The Morgan fingerprint density at radius 1 is 0.720 bits per heavy atom. The number of rotatable bonds is 3. The topological polar surface area (TPSA) is 12.9 Å². The Labute approximate surface area is 154 Å². The highest BCUT2D eigenvalue weighted by Gasteiger charge is 2.16. The maximum absolute atomic E-state index is 4.76. The lowest BCUT2D eigenvalue weighted by Crippen LogP contribution is -2.37. The van der Waals surface area contributed by atoms with Crippen molar-refractivity contribution in [1.29, 1.82) is 0 Å². The van der Waals surface area contributed by atoms with Gasteiger partial charge in [0.05, 0.1) is 18.3 Å². The molecule has 0 spiro atoms. The van der Waals surface area contributed by atoms with Crippen molar-refractivity contribution in [2.24, 2.45) is 0 Å². The third-order valence-corrected chi connectivity index (χ3v) is 7.62. The van der Waals surface area contributed by atoms with Crippen LogP contribution in [0.15, 0.2) is 72.8 Å². The molecule has 0 fully saturated rings. The minimum atomic E-state index is -1.29. The van der Waals surface area contributed by atoms with Crippen molar-refractivity contribution in [3.05, 3.63) is 72.8 Å². The van der Waals surface area contributed by atoms with Crippen molar-refractivity contribution in [1.82, 2.24) is 4.98 Å². The van der Waals surface area contributed by atoms with E-state index in [9.17, 15) is 0 Å². The van der Waals surface area contributed by atoms with Crippen LogP contribution < -0.4 is 5.19 Å². The van der Waals surface area contributed by atoms with Crippen molar-refractivity contribution in [2.75, 3.05) is 0 Å². The molecule has 1 heterocycles. The van der Waals surface area contributed by atoms with Gasteiger partial charge in [0.15, 0.2) is 0 Å². The predicted octanol–water partition coefficient (Wildman–Crippen LogP) is 6.18. The van der Waals surface area contributed by atoms with Gasteiger partial charge in [0.2, 0.25) is 0 Å². The molecule has 0 unspecified atom stereocenters. The number of benzene rings is 3. The molecule has 0 aliphatic rings. The first-order valence-corrected chi connectivity index (χ1v) is 12.9. The molecule has 0 N–H and O–H groups in total. The average Bonchev–Trinajstić information content (AvgIpc) is 3.05. The quantitative estimate of drug-likeness (QED) is 0.398. The Hall–Kier alpha value is -2.23. The van der Waals surface area contributed by atoms with E-state index in [2.05, 4.69) is 86.4 Å². The Morgan fingerprint density at radius 2 is 1.44 bits per heavy atom. The summed E-state index contributed by atoms with van der Waals surface area (Å²) in [6.07, 6.45) is 0. The number of hydrogen-bond acceptors (Lipinski definition) is 2. The second-order valence-corrected chi connectivity index (χ2v) is 13.5. The van der Waals surface area contributed by atoms with E-state index in [4.69, 9.17) is 4.98 Å². The SMILES string of the molecule is C[Si](C)(C)c1cccc(-c2ccc(-c3nc4ccccc4s3)cc2)c1. The van der Waals surface area contributed by atoms with Crippen LogP contribution in [0.2, 0.25) is 19.6 Å². The van der Waals surface area contributed by atoms with Crippen molar-refractivity contribution in [3.8, 4) is 21.7 Å². The van der Waals surface area contributed by atoms with Gasteiger partial charge in [0, 0.05) is 5.56 Å². The molecule has 4 rings (SSSR count). The first-order valence-electron chi connectivity index (χ1n) is 8.58. The first kappa shape index (κ1) is 16.2. The molecule has 1 aromatic heterocycles. The molecular formula is C22H21NSSi. The van der Waals surface area contributed by atoms with E-state index >= 15 is 0 Å². The largest absolute Gasteiger partial charge is 0.236 e. The molecule has 0 bridgehead atoms. The van der Waals surface area contributed by atoms with Crippen molar-refractivity contribution in [2.45, 2.75) is 19.6 Å². The maximum Gasteiger partial charge on any atom is 0.124 e. The number of thiazole rings is 1. The Kier molecular flexibility index (Phi) is 4.06. The lowest BCUT2D eigenvalue weighted by molar-refractivity contribution is 1.47. The predicted molar refractivity (Wildman–Crippen MR) is 113 cm³/mol. The van der Waals surface area contributed by atoms with Gasteiger partial charge in [0.1, 0.15) is 5.01 Å². The highest BCUT2D eigenvalue weighted by molar-refractivity contribution is 7.21.